The van der Waals surface area contributed by atoms with Crippen LogP contribution in [0.5, 0.6) is 0 Å². The van der Waals surface area contributed by atoms with Crippen LogP contribution in [0.2, 0.25) is 0 Å². The van der Waals surface area contributed by atoms with Crippen molar-refractivity contribution in [1.29, 1.82) is 0 Å². The van der Waals surface area contributed by atoms with Gasteiger partial charge in [0.15, 0.2) is 0 Å². The Bertz CT molecular complexity index is 270. The maximum Gasteiger partial charge on any atom is 0.0331 e. The Morgan fingerprint density at radius 3 is 2.47 bits per heavy atom. The molecule has 3 saturated carbocycles. The number of nitrogens with two attached hydrogens (primary N) is 1. The molecule has 98 valence electrons. The Hall–Kier alpha value is -0.0800. The second-order valence-corrected chi connectivity index (χ2v) is 6.95. The standard InChI is InChI=1S/C15H28N2/c1-17(10-12-4-5-12)15(11-16)8-2-3-14(9-15)13-6-7-13/h12-14H,2-11,16H2,1H3. The summed E-state index contributed by atoms with van der Waals surface area (Å²) in [4.78, 5) is 2.64. The molecule has 3 aliphatic carbocycles. The van der Waals surface area contributed by atoms with Crippen LogP contribution < -0.4 is 5.73 Å². The van der Waals surface area contributed by atoms with Gasteiger partial charge in [-0.1, -0.05) is 12.8 Å². The van der Waals surface area contributed by atoms with Crippen molar-refractivity contribution in [3.63, 3.8) is 0 Å². The van der Waals surface area contributed by atoms with Crippen LogP contribution in [0.4, 0.5) is 0 Å². The molecule has 2 nitrogen and oxygen atoms in total. The first-order chi connectivity index (χ1) is 8.23. The van der Waals surface area contributed by atoms with Gasteiger partial charge in [0, 0.05) is 18.6 Å². The molecule has 0 aromatic heterocycles. The Balaban J connectivity index is 1.65. The molecule has 0 aromatic carbocycles. The third kappa shape index (κ3) is 2.53. The first-order valence-corrected chi connectivity index (χ1v) is 7.65. The summed E-state index contributed by atoms with van der Waals surface area (Å²) in [5.41, 5.74) is 6.53. The lowest BCUT2D eigenvalue weighted by Crippen LogP contribution is -2.55. The van der Waals surface area contributed by atoms with E-state index in [1.165, 1.54) is 57.9 Å². The molecule has 0 spiro atoms. The molecule has 0 heterocycles. The number of rotatable bonds is 5. The molecule has 2 N–H and O–H groups in total. The maximum atomic E-state index is 6.18. The average Bonchev–Trinajstić information content (AvgIpc) is 3.21. The second-order valence-electron chi connectivity index (χ2n) is 6.95. The second kappa shape index (κ2) is 4.55. The highest BCUT2D eigenvalue weighted by atomic mass is 15.2. The molecule has 2 heteroatoms. The monoisotopic (exact) mass is 236 g/mol. The van der Waals surface area contributed by atoms with Crippen molar-refractivity contribution < 1.29 is 0 Å². The third-order valence-electron chi connectivity index (χ3n) is 5.57. The van der Waals surface area contributed by atoms with Gasteiger partial charge in [0.1, 0.15) is 0 Å². The summed E-state index contributed by atoms with van der Waals surface area (Å²) in [6.07, 6.45) is 11.5. The largest absolute Gasteiger partial charge is 0.329 e. The van der Waals surface area contributed by atoms with Crippen LogP contribution in [0.3, 0.4) is 0 Å². The van der Waals surface area contributed by atoms with Crippen molar-refractivity contribution in [2.24, 2.45) is 23.5 Å². The highest BCUT2D eigenvalue weighted by Crippen LogP contribution is 2.48. The van der Waals surface area contributed by atoms with E-state index in [9.17, 15) is 0 Å². The zero-order valence-corrected chi connectivity index (χ0v) is 11.3. The van der Waals surface area contributed by atoms with Crippen molar-refractivity contribution in [1.82, 2.24) is 4.90 Å². The van der Waals surface area contributed by atoms with Crippen LogP contribution in [-0.2, 0) is 0 Å². The Labute approximate surface area is 106 Å². The van der Waals surface area contributed by atoms with E-state index in [1.807, 2.05) is 0 Å². The summed E-state index contributed by atoms with van der Waals surface area (Å²) in [5, 5.41) is 0. The van der Waals surface area contributed by atoms with Gasteiger partial charge in [0.05, 0.1) is 0 Å². The molecule has 2 atom stereocenters. The van der Waals surface area contributed by atoms with Crippen molar-refractivity contribution in [3.05, 3.63) is 0 Å². The maximum absolute atomic E-state index is 6.18. The number of hydrogen-bond donors (Lipinski definition) is 1. The van der Waals surface area contributed by atoms with Crippen LogP contribution in [0.1, 0.15) is 51.4 Å². The van der Waals surface area contributed by atoms with E-state index < -0.39 is 0 Å². The molecule has 0 saturated heterocycles. The molecule has 3 aliphatic rings. The molecule has 0 bridgehead atoms. The summed E-state index contributed by atoms with van der Waals surface area (Å²) in [7, 11) is 2.33. The van der Waals surface area contributed by atoms with Crippen LogP contribution in [-0.4, -0.2) is 30.6 Å². The van der Waals surface area contributed by atoms with Crippen LogP contribution in [0.15, 0.2) is 0 Å². The highest BCUT2D eigenvalue weighted by molar-refractivity contribution is 4.99. The highest BCUT2D eigenvalue weighted by Gasteiger charge is 2.44. The van der Waals surface area contributed by atoms with Crippen molar-refractivity contribution in [3.8, 4) is 0 Å². The van der Waals surface area contributed by atoms with Gasteiger partial charge in [0.25, 0.3) is 0 Å². The molecule has 0 radical (unpaired) electrons. The average molecular weight is 236 g/mol. The first-order valence-electron chi connectivity index (χ1n) is 7.65. The van der Waals surface area contributed by atoms with E-state index in [0.717, 1.165) is 24.3 Å². The van der Waals surface area contributed by atoms with Crippen LogP contribution in [0.25, 0.3) is 0 Å². The molecule has 2 unspecified atom stereocenters. The van der Waals surface area contributed by atoms with Crippen molar-refractivity contribution in [2.45, 2.75) is 56.9 Å². The molecule has 3 rings (SSSR count). The lowest BCUT2D eigenvalue weighted by atomic mass is 9.73. The molecular formula is C15H28N2. The van der Waals surface area contributed by atoms with Gasteiger partial charge in [-0.25, -0.2) is 0 Å². The third-order valence-corrected chi connectivity index (χ3v) is 5.57. The summed E-state index contributed by atoms with van der Waals surface area (Å²) in [5.74, 6) is 3.05. The minimum absolute atomic E-state index is 0.355. The molecule has 0 aromatic rings. The summed E-state index contributed by atoms with van der Waals surface area (Å²) in [6.45, 7) is 2.17. The minimum Gasteiger partial charge on any atom is -0.329 e. The lowest BCUT2D eigenvalue weighted by molar-refractivity contribution is 0.0483. The SMILES string of the molecule is CN(CC1CC1)C1(CN)CCCC(C2CC2)C1. The number of nitrogens with zero attached hydrogens (tertiary/aromatic N) is 1. The van der Waals surface area contributed by atoms with E-state index in [2.05, 4.69) is 11.9 Å². The summed E-state index contributed by atoms with van der Waals surface area (Å²) < 4.78 is 0. The molecule has 0 aliphatic heterocycles. The summed E-state index contributed by atoms with van der Waals surface area (Å²) in [6, 6.07) is 0. The zero-order valence-electron chi connectivity index (χ0n) is 11.3. The Morgan fingerprint density at radius 2 is 1.88 bits per heavy atom. The van der Waals surface area contributed by atoms with Gasteiger partial charge in [-0.05, 0) is 63.3 Å². The smallest absolute Gasteiger partial charge is 0.0331 e. The minimum atomic E-state index is 0.355. The fourth-order valence-electron chi connectivity index (χ4n) is 3.92. The van der Waals surface area contributed by atoms with Gasteiger partial charge >= 0.3 is 0 Å². The molecule has 3 fully saturated rings. The molecule has 0 amide bonds. The quantitative estimate of drug-likeness (QED) is 0.795. The summed E-state index contributed by atoms with van der Waals surface area (Å²) >= 11 is 0. The van der Waals surface area contributed by atoms with E-state index >= 15 is 0 Å². The van der Waals surface area contributed by atoms with Gasteiger partial charge in [0.2, 0.25) is 0 Å². The van der Waals surface area contributed by atoms with Gasteiger partial charge < -0.3 is 5.73 Å². The molecular weight excluding hydrogens is 208 g/mol. The van der Waals surface area contributed by atoms with Gasteiger partial charge in [-0.15, -0.1) is 0 Å². The number of hydrogen-bond acceptors (Lipinski definition) is 2. The predicted octanol–water partition coefficient (Wildman–Crippen LogP) is 2.63. The topological polar surface area (TPSA) is 29.3 Å². The van der Waals surface area contributed by atoms with Gasteiger partial charge in [-0.3, -0.25) is 4.90 Å². The van der Waals surface area contributed by atoms with E-state index in [-0.39, 0.29) is 0 Å². The predicted molar refractivity (Wildman–Crippen MR) is 71.8 cm³/mol. The molecule has 17 heavy (non-hydrogen) atoms. The Morgan fingerprint density at radius 1 is 1.12 bits per heavy atom. The van der Waals surface area contributed by atoms with E-state index in [1.54, 1.807) is 0 Å². The van der Waals surface area contributed by atoms with E-state index in [0.29, 0.717) is 5.54 Å². The Kier molecular flexibility index (Phi) is 3.20. The first kappa shape index (κ1) is 12.0. The van der Waals surface area contributed by atoms with Gasteiger partial charge in [-0.2, -0.15) is 0 Å². The van der Waals surface area contributed by atoms with Crippen LogP contribution in [0, 0.1) is 17.8 Å². The zero-order chi connectivity index (χ0) is 11.9. The van der Waals surface area contributed by atoms with Crippen molar-refractivity contribution >= 4 is 0 Å². The fraction of sp³-hybridized carbons (Fsp3) is 1.00. The van der Waals surface area contributed by atoms with Crippen LogP contribution >= 0.6 is 0 Å². The van der Waals surface area contributed by atoms with E-state index in [4.69, 9.17) is 5.73 Å². The lowest BCUT2D eigenvalue weighted by Gasteiger charge is -2.47. The van der Waals surface area contributed by atoms with Crippen molar-refractivity contribution in [2.75, 3.05) is 20.1 Å². The normalized spacial score (nSPS) is 38.6. The number of likely N-dealkylation sites (N-methyl/N-ethyl adjacent to an activating group) is 1. The fourth-order valence-corrected chi connectivity index (χ4v) is 3.92.